The van der Waals surface area contributed by atoms with Gasteiger partial charge in [0.1, 0.15) is 0 Å². The van der Waals surface area contributed by atoms with E-state index in [9.17, 15) is 4.79 Å². The molecule has 106 valence electrons. The van der Waals surface area contributed by atoms with E-state index >= 15 is 0 Å². The Hall–Kier alpha value is -0.850. The van der Waals surface area contributed by atoms with Crippen molar-refractivity contribution in [1.82, 2.24) is 10.2 Å². The number of thioether (sulfide) groups is 2. The third-order valence-corrected chi connectivity index (χ3v) is 6.06. The number of hydrogen-bond donors (Lipinski definition) is 0. The van der Waals surface area contributed by atoms with E-state index in [1.165, 1.54) is 28.7 Å². The molecular formula is C14H16N2OS3. The van der Waals surface area contributed by atoms with Gasteiger partial charge in [-0.3, -0.25) is 4.79 Å². The number of aryl methyl sites for hydroxylation is 3. The normalized spacial score (nSPS) is 10.8. The molecule has 20 heavy (non-hydrogen) atoms. The van der Waals surface area contributed by atoms with Gasteiger partial charge in [0.25, 0.3) is 0 Å². The third-order valence-electron chi connectivity index (χ3n) is 3.03. The van der Waals surface area contributed by atoms with E-state index in [1.54, 1.807) is 11.8 Å². The number of ketones is 1. The van der Waals surface area contributed by atoms with Crippen molar-refractivity contribution in [2.45, 2.75) is 29.5 Å². The molecule has 6 heteroatoms. The Morgan fingerprint density at radius 1 is 1.10 bits per heavy atom. The predicted octanol–water partition coefficient (Wildman–Crippen LogP) is 4.16. The van der Waals surface area contributed by atoms with Crippen LogP contribution in [0.15, 0.2) is 20.8 Å². The maximum atomic E-state index is 12.3. The van der Waals surface area contributed by atoms with Crippen molar-refractivity contribution in [2.75, 3.05) is 12.0 Å². The molecule has 0 fully saturated rings. The molecule has 0 amide bonds. The van der Waals surface area contributed by atoms with Crippen LogP contribution in [0.1, 0.15) is 27.0 Å². The van der Waals surface area contributed by atoms with Crippen LogP contribution >= 0.6 is 34.9 Å². The van der Waals surface area contributed by atoms with Crippen molar-refractivity contribution in [3.63, 3.8) is 0 Å². The first-order valence-electron chi connectivity index (χ1n) is 6.12. The summed E-state index contributed by atoms with van der Waals surface area (Å²) in [6.45, 7) is 6.09. The maximum Gasteiger partial charge on any atom is 0.175 e. The molecule has 0 bridgehead atoms. The van der Waals surface area contributed by atoms with Gasteiger partial charge < -0.3 is 0 Å². The van der Waals surface area contributed by atoms with Crippen LogP contribution < -0.4 is 0 Å². The fraction of sp³-hybridized carbons (Fsp3) is 0.357. The molecule has 2 rings (SSSR count). The van der Waals surface area contributed by atoms with E-state index < -0.39 is 0 Å². The van der Waals surface area contributed by atoms with Crippen LogP contribution in [-0.2, 0) is 0 Å². The summed E-state index contributed by atoms with van der Waals surface area (Å²) in [6, 6.07) is 4.06. The average Bonchev–Trinajstić information content (AvgIpc) is 2.88. The van der Waals surface area contributed by atoms with Crippen LogP contribution in [0.2, 0.25) is 0 Å². The molecule has 0 N–H and O–H groups in total. The van der Waals surface area contributed by atoms with Gasteiger partial charge >= 0.3 is 0 Å². The molecule has 0 spiro atoms. The Labute approximate surface area is 131 Å². The van der Waals surface area contributed by atoms with E-state index in [4.69, 9.17) is 0 Å². The highest BCUT2D eigenvalue weighted by Gasteiger charge is 2.13. The molecule has 3 nitrogen and oxygen atoms in total. The Morgan fingerprint density at radius 3 is 2.40 bits per heavy atom. The van der Waals surface area contributed by atoms with Crippen LogP contribution in [0, 0.1) is 20.8 Å². The van der Waals surface area contributed by atoms with Crippen LogP contribution in [-0.4, -0.2) is 28.0 Å². The standard InChI is InChI=1S/C14H16N2OS3/c1-8-5-10(3)11(6-9(8)2)12(17)7-19-14-16-15-13(18-4)20-14/h5-6H,7H2,1-4H3. The van der Waals surface area contributed by atoms with Gasteiger partial charge in [-0.1, -0.05) is 40.9 Å². The molecule has 1 aromatic carbocycles. The lowest BCUT2D eigenvalue weighted by Crippen LogP contribution is -2.06. The summed E-state index contributed by atoms with van der Waals surface area (Å²) in [4.78, 5) is 12.3. The molecule has 0 atom stereocenters. The zero-order valence-corrected chi connectivity index (χ0v) is 14.3. The van der Waals surface area contributed by atoms with Gasteiger partial charge in [-0.25, -0.2) is 0 Å². The molecule has 0 radical (unpaired) electrons. The van der Waals surface area contributed by atoms with E-state index in [0.29, 0.717) is 5.75 Å². The van der Waals surface area contributed by atoms with Crippen LogP contribution in [0.5, 0.6) is 0 Å². The lowest BCUT2D eigenvalue weighted by atomic mass is 9.99. The summed E-state index contributed by atoms with van der Waals surface area (Å²) >= 11 is 4.56. The number of benzene rings is 1. The highest BCUT2D eigenvalue weighted by atomic mass is 32.2. The summed E-state index contributed by atoms with van der Waals surface area (Å²) in [5.41, 5.74) is 4.24. The number of nitrogens with zero attached hydrogens (tertiary/aromatic N) is 2. The van der Waals surface area contributed by atoms with Gasteiger partial charge in [-0.15, -0.1) is 10.2 Å². The fourth-order valence-corrected chi connectivity index (χ4v) is 4.13. The molecule has 1 heterocycles. The Balaban J connectivity index is 2.07. The number of aromatic nitrogens is 2. The van der Waals surface area contributed by atoms with Crippen molar-refractivity contribution >= 4 is 40.6 Å². The fourth-order valence-electron chi connectivity index (χ4n) is 1.80. The number of Topliss-reactive ketones (excluding diaryl/α,β-unsaturated/α-hetero) is 1. The highest BCUT2D eigenvalue weighted by molar-refractivity contribution is 8.03. The number of carbonyl (C=O) groups excluding carboxylic acids is 1. The molecular weight excluding hydrogens is 308 g/mol. The minimum Gasteiger partial charge on any atom is -0.293 e. The first-order chi connectivity index (χ1) is 9.51. The first kappa shape index (κ1) is 15.5. The summed E-state index contributed by atoms with van der Waals surface area (Å²) in [5, 5.41) is 8.09. The van der Waals surface area contributed by atoms with E-state index in [0.717, 1.165) is 25.4 Å². The molecule has 2 aromatic rings. The first-order valence-corrected chi connectivity index (χ1v) is 9.15. The highest BCUT2D eigenvalue weighted by Crippen LogP contribution is 2.28. The van der Waals surface area contributed by atoms with Crippen molar-refractivity contribution in [1.29, 1.82) is 0 Å². The Kier molecular flexibility index (Phi) is 5.23. The molecule has 0 unspecified atom stereocenters. The van der Waals surface area contributed by atoms with Gasteiger partial charge in [0, 0.05) is 5.56 Å². The number of rotatable bonds is 5. The van der Waals surface area contributed by atoms with Crippen LogP contribution in [0.25, 0.3) is 0 Å². The second-order valence-electron chi connectivity index (χ2n) is 4.50. The summed E-state index contributed by atoms with van der Waals surface area (Å²) in [7, 11) is 0. The monoisotopic (exact) mass is 324 g/mol. The smallest absolute Gasteiger partial charge is 0.175 e. The lowest BCUT2D eigenvalue weighted by molar-refractivity contribution is 0.102. The topological polar surface area (TPSA) is 42.9 Å². The maximum absolute atomic E-state index is 12.3. The average molecular weight is 324 g/mol. The Morgan fingerprint density at radius 2 is 1.75 bits per heavy atom. The summed E-state index contributed by atoms with van der Waals surface area (Å²) in [5.74, 6) is 0.559. The van der Waals surface area contributed by atoms with E-state index in [2.05, 4.69) is 23.2 Å². The molecule has 1 aromatic heterocycles. The van der Waals surface area contributed by atoms with Gasteiger partial charge in [0.2, 0.25) is 0 Å². The van der Waals surface area contributed by atoms with Crippen LogP contribution in [0.3, 0.4) is 0 Å². The van der Waals surface area contributed by atoms with Crippen molar-refractivity contribution in [2.24, 2.45) is 0 Å². The summed E-state index contributed by atoms with van der Waals surface area (Å²) in [6.07, 6.45) is 1.97. The van der Waals surface area contributed by atoms with Gasteiger partial charge in [-0.05, 0) is 49.8 Å². The zero-order valence-electron chi connectivity index (χ0n) is 11.9. The van der Waals surface area contributed by atoms with E-state index in [1.807, 2.05) is 26.2 Å². The van der Waals surface area contributed by atoms with Crippen molar-refractivity contribution in [3.05, 3.63) is 34.4 Å². The second kappa shape index (κ2) is 6.74. The SMILES string of the molecule is CSc1nnc(SCC(=O)c2cc(C)c(C)cc2C)s1. The minimum atomic E-state index is 0.150. The molecule has 0 aliphatic rings. The molecule has 0 aliphatic heterocycles. The van der Waals surface area contributed by atoms with Gasteiger partial charge in [-0.2, -0.15) is 0 Å². The summed E-state index contributed by atoms with van der Waals surface area (Å²) < 4.78 is 1.78. The second-order valence-corrected chi connectivity index (χ2v) is 7.75. The Bertz CT molecular complexity index is 637. The minimum absolute atomic E-state index is 0.150. The number of carbonyl (C=O) groups is 1. The van der Waals surface area contributed by atoms with Gasteiger partial charge in [0.15, 0.2) is 14.5 Å². The predicted molar refractivity (Wildman–Crippen MR) is 87.4 cm³/mol. The molecule has 0 saturated heterocycles. The van der Waals surface area contributed by atoms with Gasteiger partial charge in [0.05, 0.1) is 5.75 Å². The third kappa shape index (κ3) is 3.62. The number of hydrogen-bond acceptors (Lipinski definition) is 6. The van der Waals surface area contributed by atoms with Crippen LogP contribution in [0.4, 0.5) is 0 Å². The zero-order chi connectivity index (χ0) is 14.7. The van der Waals surface area contributed by atoms with Crippen molar-refractivity contribution in [3.8, 4) is 0 Å². The van der Waals surface area contributed by atoms with Crippen molar-refractivity contribution < 1.29 is 4.79 Å². The largest absolute Gasteiger partial charge is 0.293 e. The molecule has 0 aliphatic carbocycles. The molecule has 0 saturated carbocycles. The lowest BCUT2D eigenvalue weighted by Gasteiger charge is -2.08. The van der Waals surface area contributed by atoms with E-state index in [-0.39, 0.29) is 5.78 Å². The quantitative estimate of drug-likeness (QED) is 0.610.